The van der Waals surface area contributed by atoms with E-state index in [-0.39, 0.29) is 0 Å². The Morgan fingerprint density at radius 1 is 1.18 bits per heavy atom. The van der Waals surface area contributed by atoms with Crippen molar-refractivity contribution in [1.82, 2.24) is 10.2 Å². The van der Waals surface area contributed by atoms with E-state index in [1.165, 1.54) is 0 Å². The summed E-state index contributed by atoms with van der Waals surface area (Å²) in [7, 11) is 0. The molecule has 0 bridgehead atoms. The molecule has 0 aliphatic carbocycles. The van der Waals surface area contributed by atoms with Crippen LogP contribution in [0.4, 0.5) is 5.82 Å². The van der Waals surface area contributed by atoms with Crippen molar-refractivity contribution in [2.24, 2.45) is 5.10 Å². The van der Waals surface area contributed by atoms with E-state index in [0.29, 0.717) is 11.0 Å². The van der Waals surface area contributed by atoms with Crippen LogP contribution in [0.1, 0.15) is 5.56 Å². The number of hydrogen-bond acceptors (Lipinski definition) is 4. The summed E-state index contributed by atoms with van der Waals surface area (Å²) in [4.78, 5) is 0. The minimum absolute atomic E-state index is 0.352. The lowest BCUT2D eigenvalue weighted by molar-refractivity contribution is 1.02. The quantitative estimate of drug-likeness (QED) is 0.698. The monoisotopic (exact) mass is 310 g/mol. The second-order valence-electron chi connectivity index (χ2n) is 3.13. The first-order valence-corrected chi connectivity index (χ1v) is 5.95. The number of anilines is 1. The van der Waals surface area contributed by atoms with Crippen LogP contribution in [-0.4, -0.2) is 16.4 Å². The molecule has 2 aromatic rings. The van der Waals surface area contributed by atoms with Gasteiger partial charge in [0.15, 0.2) is 11.0 Å². The molecule has 0 fully saturated rings. The van der Waals surface area contributed by atoms with Crippen LogP contribution in [0.25, 0.3) is 0 Å². The van der Waals surface area contributed by atoms with Crippen molar-refractivity contribution in [3.8, 4) is 0 Å². The van der Waals surface area contributed by atoms with Gasteiger partial charge in [-0.05, 0) is 18.2 Å². The number of benzene rings is 1. The van der Waals surface area contributed by atoms with Gasteiger partial charge in [-0.3, -0.25) is 5.43 Å². The molecule has 0 saturated carbocycles. The van der Waals surface area contributed by atoms with Crippen LogP contribution in [0.15, 0.2) is 46.0 Å². The summed E-state index contributed by atoms with van der Waals surface area (Å²) < 4.78 is 0.979. The highest BCUT2D eigenvalue weighted by Crippen LogP contribution is 2.13. The predicted octanol–water partition coefficient (Wildman–Crippen LogP) is 3.34. The molecular weight excluding hydrogens is 304 g/mol. The highest BCUT2D eigenvalue weighted by Gasteiger charge is 1.95. The summed E-state index contributed by atoms with van der Waals surface area (Å²) in [6, 6.07) is 11.1. The number of hydrazone groups is 1. The number of halogens is 2. The van der Waals surface area contributed by atoms with E-state index < -0.39 is 0 Å². The fourth-order valence-electron chi connectivity index (χ4n) is 1.12. The molecule has 0 aliphatic heterocycles. The van der Waals surface area contributed by atoms with Crippen LogP contribution >= 0.6 is 27.5 Å². The molecule has 1 aromatic carbocycles. The van der Waals surface area contributed by atoms with E-state index in [4.69, 9.17) is 11.6 Å². The molecule has 0 amide bonds. The molecule has 86 valence electrons. The van der Waals surface area contributed by atoms with Crippen molar-refractivity contribution in [3.63, 3.8) is 0 Å². The molecule has 17 heavy (non-hydrogen) atoms. The van der Waals surface area contributed by atoms with Gasteiger partial charge in [-0.1, -0.05) is 45.7 Å². The number of rotatable bonds is 3. The second kappa shape index (κ2) is 5.75. The van der Waals surface area contributed by atoms with Crippen molar-refractivity contribution in [2.75, 3.05) is 5.43 Å². The fraction of sp³-hybridized carbons (Fsp3) is 0. The molecule has 1 N–H and O–H groups in total. The van der Waals surface area contributed by atoms with Crippen molar-refractivity contribution in [1.29, 1.82) is 0 Å². The van der Waals surface area contributed by atoms with Gasteiger partial charge in [0.1, 0.15) is 0 Å². The summed E-state index contributed by atoms with van der Waals surface area (Å²) in [5.41, 5.74) is 3.74. The maximum absolute atomic E-state index is 5.62. The van der Waals surface area contributed by atoms with E-state index >= 15 is 0 Å². The molecule has 6 heteroatoms. The average Bonchev–Trinajstić information content (AvgIpc) is 2.34. The average molecular weight is 312 g/mol. The summed E-state index contributed by atoms with van der Waals surface area (Å²) in [6.07, 6.45) is 1.69. The Bertz CT molecular complexity index is 527. The van der Waals surface area contributed by atoms with Gasteiger partial charge in [0.2, 0.25) is 0 Å². The first kappa shape index (κ1) is 12.0. The van der Waals surface area contributed by atoms with Crippen LogP contribution in [0, 0.1) is 0 Å². The van der Waals surface area contributed by atoms with E-state index in [2.05, 4.69) is 36.7 Å². The number of nitrogens with one attached hydrogen (secondary N) is 1. The van der Waals surface area contributed by atoms with Gasteiger partial charge in [0.05, 0.1) is 6.21 Å². The van der Waals surface area contributed by atoms with Crippen LogP contribution in [0.3, 0.4) is 0 Å². The van der Waals surface area contributed by atoms with Crippen LogP contribution in [0.2, 0.25) is 5.15 Å². The summed E-state index contributed by atoms with van der Waals surface area (Å²) in [5.74, 6) is 0.540. The van der Waals surface area contributed by atoms with Crippen molar-refractivity contribution in [2.45, 2.75) is 0 Å². The Morgan fingerprint density at radius 3 is 2.71 bits per heavy atom. The standard InChI is InChI=1S/C11H8BrClN4/c12-9-4-2-1-3-8(9)7-14-16-11-6-5-10(13)15-17-11/h1-7H,(H,16,17). The smallest absolute Gasteiger partial charge is 0.168 e. The molecule has 0 aliphatic rings. The third-order valence-electron chi connectivity index (χ3n) is 1.92. The Hall–Kier alpha value is -1.46. The number of hydrogen-bond donors (Lipinski definition) is 1. The normalized spacial score (nSPS) is 10.7. The van der Waals surface area contributed by atoms with E-state index in [1.54, 1.807) is 18.3 Å². The minimum Gasteiger partial charge on any atom is -0.260 e. The molecule has 0 spiro atoms. The first-order valence-electron chi connectivity index (χ1n) is 4.78. The Labute approximate surface area is 112 Å². The van der Waals surface area contributed by atoms with Gasteiger partial charge >= 0.3 is 0 Å². The Kier molecular flexibility index (Phi) is 4.06. The highest BCUT2D eigenvalue weighted by atomic mass is 79.9. The molecule has 4 nitrogen and oxygen atoms in total. The molecule has 0 saturated heterocycles. The largest absolute Gasteiger partial charge is 0.260 e. The molecule has 2 rings (SSSR count). The Morgan fingerprint density at radius 2 is 2.00 bits per heavy atom. The van der Waals surface area contributed by atoms with E-state index in [9.17, 15) is 0 Å². The Balaban J connectivity index is 2.03. The van der Waals surface area contributed by atoms with Gasteiger partial charge < -0.3 is 0 Å². The maximum Gasteiger partial charge on any atom is 0.168 e. The molecular formula is C11H8BrClN4. The van der Waals surface area contributed by atoms with Gasteiger partial charge in [-0.15, -0.1) is 10.2 Å². The summed E-state index contributed by atoms with van der Waals surface area (Å²) >= 11 is 9.04. The topological polar surface area (TPSA) is 50.2 Å². The van der Waals surface area contributed by atoms with E-state index in [1.807, 2.05) is 24.3 Å². The van der Waals surface area contributed by atoms with E-state index in [0.717, 1.165) is 10.0 Å². The molecule has 1 aromatic heterocycles. The van der Waals surface area contributed by atoms with Gasteiger partial charge in [-0.25, -0.2) is 0 Å². The van der Waals surface area contributed by atoms with Crippen molar-refractivity contribution < 1.29 is 0 Å². The van der Waals surface area contributed by atoms with Crippen molar-refractivity contribution >= 4 is 39.6 Å². The van der Waals surface area contributed by atoms with Crippen LogP contribution < -0.4 is 5.43 Å². The zero-order valence-corrected chi connectivity index (χ0v) is 11.0. The number of nitrogens with zero attached hydrogens (tertiary/aromatic N) is 3. The fourth-order valence-corrected chi connectivity index (χ4v) is 1.61. The van der Waals surface area contributed by atoms with Crippen LogP contribution in [0.5, 0.6) is 0 Å². The molecule has 0 unspecified atom stereocenters. The SMILES string of the molecule is Clc1ccc(NN=Cc2ccccc2Br)nn1. The maximum atomic E-state index is 5.62. The number of aromatic nitrogens is 2. The molecule has 1 heterocycles. The predicted molar refractivity (Wildman–Crippen MR) is 72.4 cm³/mol. The third-order valence-corrected chi connectivity index (χ3v) is 2.84. The first-order chi connectivity index (χ1) is 8.25. The highest BCUT2D eigenvalue weighted by molar-refractivity contribution is 9.10. The van der Waals surface area contributed by atoms with Gasteiger partial charge in [0.25, 0.3) is 0 Å². The second-order valence-corrected chi connectivity index (χ2v) is 4.37. The third kappa shape index (κ3) is 3.51. The van der Waals surface area contributed by atoms with Gasteiger partial charge in [-0.2, -0.15) is 5.10 Å². The summed E-state index contributed by atoms with van der Waals surface area (Å²) in [6.45, 7) is 0. The lowest BCUT2D eigenvalue weighted by Gasteiger charge is -1.98. The molecule has 0 atom stereocenters. The van der Waals surface area contributed by atoms with Gasteiger partial charge in [0, 0.05) is 10.0 Å². The van der Waals surface area contributed by atoms with Crippen LogP contribution in [-0.2, 0) is 0 Å². The lowest BCUT2D eigenvalue weighted by atomic mass is 10.2. The zero-order valence-electron chi connectivity index (χ0n) is 8.64. The summed E-state index contributed by atoms with van der Waals surface area (Å²) in [5, 5.41) is 11.9. The lowest BCUT2D eigenvalue weighted by Crippen LogP contribution is -1.95. The van der Waals surface area contributed by atoms with Crippen molar-refractivity contribution in [3.05, 3.63) is 51.6 Å². The minimum atomic E-state index is 0.352. The molecule has 0 radical (unpaired) electrons. The zero-order chi connectivity index (χ0) is 12.1.